The van der Waals surface area contributed by atoms with Gasteiger partial charge in [-0.15, -0.1) is 0 Å². The van der Waals surface area contributed by atoms with Gasteiger partial charge >= 0.3 is 12.1 Å². The van der Waals surface area contributed by atoms with Gasteiger partial charge in [-0.2, -0.15) is 22.0 Å². The molecule has 1 aromatic carbocycles. The second-order valence-electron chi connectivity index (χ2n) is 4.45. The molecule has 0 bridgehead atoms. The Balaban J connectivity index is 3.00. The van der Waals surface area contributed by atoms with Crippen molar-refractivity contribution >= 4 is 11.5 Å². The van der Waals surface area contributed by atoms with Crippen molar-refractivity contribution in [3.05, 3.63) is 24.3 Å². The Morgan fingerprint density at radius 3 is 2.10 bits per heavy atom. The maximum Gasteiger partial charge on any atom is 0.455 e. The van der Waals surface area contributed by atoms with Gasteiger partial charge in [-0.25, -0.2) is 0 Å². The third kappa shape index (κ3) is 4.30. The number of carbonyl (C=O) groups excluding carboxylic acids is 1. The summed E-state index contributed by atoms with van der Waals surface area (Å²) in [6.45, 7) is 0.954. The number of alkyl halides is 5. The average molecular weight is 311 g/mol. The molecule has 0 spiro atoms. The molecule has 1 aromatic rings. The highest BCUT2D eigenvalue weighted by Gasteiger charge is 2.62. The van der Waals surface area contributed by atoms with Gasteiger partial charge in [0.05, 0.1) is 7.11 Å². The monoisotopic (exact) mass is 311 g/mol. The largest absolute Gasteiger partial charge is 0.497 e. The predicted octanol–water partition coefficient (Wildman–Crippen LogP) is 3.65. The van der Waals surface area contributed by atoms with Gasteiger partial charge in [-0.05, 0) is 31.2 Å². The first-order chi connectivity index (χ1) is 9.57. The molecule has 1 atom stereocenters. The maximum atomic E-state index is 13.4. The van der Waals surface area contributed by atoms with Crippen LogP contribution < -0.4 is 10.1 Å². The van der Waals surface area contributed by atoms with Crippen LogP contribution in [0.4, 0.5) is 27.6 Å². The maximum absolute atomic E-state index is 13.4. The number of methoxy groups -OCH3 is 1. The third-order valence-electron chi connectivity index (χ3n) is 2.74. The molecular weight excluding hydrogens is 297 g/mol. The second kappa shape index (κ2) is 6.28. The van der Waals surface area contributed by atoms with E-state index in [1.807, 2.05) is 0 Å². The molecule has 0 heterocycles. The highest BCUT2D eigenvalue weighted by Crippen LogP contribution is 2.40. The minimum atomic E-state index is -5.74. The molecule has 3 nitrogen and oxygen atoms in total. The molecule has 0 amide bonds. The molecule has 0 fully saturated rings. The van der Waals surface area contributed by atoms with Gasteiger partial charge < -0.3 is 10.1 Å². The van der Waals surface area contributed by atoms with Gasteiger partial charge in [0, 0.05) is 12.1 Å². The number of rotatable bonds is 6. The molecule has 0 radical (unpaired) electrons. The molecule has 0 saturated heterocycles. The lowest BCUT2D eigenvalue weighted by Gasteiger charge is -2.29. The van der Waals surface area contributed by atoms with Gasteiger partial charge in [0.2, 0.25) is 0 Å². The molecule has 1 N–H and O–H groups in total. The van der Waals surface area contributed by atoms with Crippen molar-refractivity contribution < 1.29 is 31.5 Å². The molecule has 0 aliphatic heterocycles. The van der Waals surface area contributed by atoms with E-state index < -0.39 is 30.3 Å². The fourth-order valence-corrected chi connectivity index (χ4v) is 1.64. The molecule has 0 aromatic heterocycles. The molecule has 0 unspecified atom stereocenters. The molecule has 8 heteroatoms. The van der Waals surface area contributed by atoms with E-state index >= 15 is 0 Å². The van der Waals surface area contributed by atoms with Gasteiger partial charge in [-0.1, -0.05) is 0 Å². The SMILES string of the molecule is COc1ccc(N[C@@H](CC(C)=O)C(F)(F)C(F)(F)F)cc1. The smallest absolute Gasteiger partial charge is 0.455 e. The fourth-order valence-electron chi connectivity index (χ4n) is 1.64. The number of ether oxygens (including phenoxy) is 1. The number of halogens is 5. The van der Waals surface area contributed by atoms with Crippen molar-refractivity contribution in [2.75, 3.05) is 12.4 Å². The minimum Gasteiger partial charge on any atom is -0.497 e. The second-order valence-corrected chi connectivity index (χ2v) is 4.45. The molecule has 21 heavy (non-hydrogen) atoms. The summed E-state index contributed by atoms with van der Waals surface area (Å²) in [5.41, 5.74) is 0.0333. The topological polar surface area (TPSA) is 38.3 Å². The lowest BCUT2D eigenvalue weighted by Crippen LogP contribution is -2.51. The molecule has 0 aliphatic carbocycles. The number of Topliss-reactive ketones (excluding diaryl/α,β-unsaturated/α-hetero) is 1. The number of anilines is 1. The standard InChI is InChI=1S/C13H14F5NO2/c1-8(20)7-11(12(14,15)13(16,17)18)19-9-3-5-10(21-2)6-4-9/h3-6,11,19H,7H2,1-2H3/t11-/m0/s1. The number of ketones is 1. The summed E-state index contributed by atoms with van der Waals surface area (Å²) < 4.78 is 69.0. The molecule has 0 saturated carbocycles. The lowest BCUT2D eigenvalue weighted by molar-refractivity contribution is -0.287. The van der Waals surface area contributed by atoms with Crippen LogP contribution in [-0.4, -0.2) is 31.0 Å². The zero-order valence-corrected chi connectivity index (χ0v) is 11.3. The molecular formula is C13H14F5NO2. The van der Waals surface area contributed by atoms with E-state index in [1.165, 1.54) is 31.4 Å². The summed E-state index contributed by atoms with van der Waals surface area (Å²) in [5, 5.41) is 2.06. The summed E-state index contributed by atoms with van der Waals surface area (Å²) in [7, 11) is 1.39. The number of benzene rings is 1. The van der Waals surface area contributed by atoms with Crippen molar-refractivity contribution in [1.82, 2.24) is 0 Å². The van der Waals surface area contributed by atoms with Crippen molar-refractivity contribution in [2.45, 2.75) is 31.5 Å². The van der Waals surface area contributed by atoms with E-state index in [-0.39, 0.29) is 5.69 Å². The zero-order valence-electron chi connectivity index (χ0n) is 11.3. The van der Waals surface area contributed by atoms with Crippen LogP contribution in [0.1, 0.15) is 13.3 Å². The van der Waals surface area contributed by atoms with Crippen LogP contribution in [0.15, 0.2) is 24.3 Å². The Labute approximate surface area is 118 Å². The van der Waals surface area contributed by atoms with Crippen molar-refractivity contribution in [1.29, 1.82) is 0 Å². The highest BCUT2D eigenvalue weighted by atomic mass is 19.4. The Morgan fingerprint density at radius 2 is 1.71 bits per heavy atom. The summed E-state index contributed by atoms with van der Waals surface area (Å²) in [6.07, 6.45) is -6.69. The highest BCUT2D eigenvalue weighted by molar-refractivity contribution is 5.76. The van der Waals surface area contributed by atoms with Crippen molar-refractivity contribution in [3.63, 3.8) is 0 Å². The summed E-state index contributed by atoms with van der Waals surface area (Å²) in [5.74, 6) is -5.38. The van der Waals surface area contributed by atoms with Crippen LogP contribution in [0, 0.1) is 0 Å². The van der Waals surface area contributed by atoms with Crippen molar-refractivity contribution in [2.24, 2.45) is 0 Å². The Kier molecular flexibility index (Phi) is 5.14. The zero-order chi connectivity index (χ0) is 16.3. The van der Waals surface area contributed by atoms with Crippen LogP contribution in [-0.2, 0) is 4.79 Å². The first kappa shape index (κ1) is 17.2. The summed E-state index contributed by atoms with van der Waals surface area (Å²) in [6, 6.07) is 3.01. The van der Waals surface area contributed by atoms with E-state index in [9.17, 15) is 26.7 Å². The van der Waals surface area contributed by atoms with E-state index in [0.29, 0.717) is 5.75 Å². The Bertz CT molecular complexity index is 484. The first-order valence-corrected chi connectivity index (χ1v) is 5.92. The van der Waals surface area contributed by atoms with E-state index in [4.69, 9.17) is 4.74 Å². The van der Waals surface area contributed by atoms with E-state index in [0.717, 1.165) is 6.92 Å². The summed E-state index contributed by atoms with van der Waals surface area (Å²) in [4.78, 5) is 11.0. The van der Waals surface area contributed by atoms with Crippen LogP contribution >= 0.6 is 0 Å². The van der Waals surface area contributed by atoms with Gasteiger partial charge in [0.15, 0.2) is 0 Å². The first-order valence-electron chi connectivity index (χ1n) is 5.92. The number of nitrogens with one attached hydrogen (secondary N) is 1. The van der Waals surface area contributed by atoms with E-state index in [2.05, 4.69) is 5.32 Å². The van der Waals surface area contributed by atoms with Gasteiger partial charge in [0.25, 0.3) is 0 Å². The predicted molar refractivity (Wildman–Crippen MR) is 66.7 cm³/mol. The van der Waals surface area contributed by atoms with Crippen LogP contribution in [0.5, 0.6) is 5.75 Å². The number of carbonyl (C=O) groups is 1. The Hall–Kier alpha value is -1.86. The van der Waals surface area contributed by atoms with Crippen molar-refractivity contribution in [3.8, 4) is 5.75 Å². The third-order valence-corrected chi connectivity index (χ3v) is 2.74. The molecule has 118 valence electrons. The Morgan fingerprint density at radius 1 is 1.19 bits per heavy atom. The molecule has 0 aliphatic rings. The number of hydrogen-bond donors (Lipinski definition) is 1. The fraction of sp³-hybridized carbons (Fsp3) is 0.462. The van der Waals surface area contributed by atoms with Crippen LogP contribution in [0.2, 0.25) is 0 Å². The van der Waals surface area contributed by atoms with Gasteiger partial charge in [0.1, 0.15) is 17.6 Å². The van der Waals surface area contributed by atoms with Crippen LogP contribution in [0.25, 0.3) is 0 Å². The normalized spacial score (nSPS) is 13.7. The average Bonchev–Trinajstić information content (AvgIpc) is 2.37. The molecule has 1 rings (SSSR count). The van der Waals surface area contributed by atoms with Gasteiger partial charge in [-0.3, -0.25) is 4.79 Å². The number of hydrogen-bond acceptors (Lipinski definition) is 3. The van der Waals surface area contributed by atoms with E-state index in [1.54, 1.807) is 0 Å². The minimum absolute atomic E-state index is 0.0333. The lowest BCUT2D eigenvalue weighted by atomic mass is 10.0. The van der Waals surface area contributed by atoms with Crippen LogP contribution in [0.3, 0.4) is 0 Å². The summed E-state index contributed by atoms with van der Waals surface area (Å²) >= 11 is 0. The quantitative estimate of drug-likeness (QED) is 0.815.